The summed E-state index contributed by atoms with van der Waals surface area (Å²) < 4.78 is 16.4. The van der Waals surface area contributed by atoms with E-state index < -0.39 is 11.6 Å². The van der Waals surface area contributed by atoms with Crippen molar-refractivity contribution in [2.75, 3.05) is 6.61 Å². The van der Waals surface area contributed by atoms with E-state index in [1.54, 1.807) is 6.07 Å². The molecule has 4 rings (SSSR count). The van der Waals surface area contributed by atoms with Crippen LogP contribution in [-0.4, -0.2) is 12.6 Å². The van der Waals surface area contributed by atoms with E-state index in [0.29, 0.717) is 17.8 Å². The first kappa shape index (κ1) is 20.4. The molecular weight excluding hydrogens is 392 g/mol. The van der Waals surface area contributed by atoms with Crippen molar-refractivity contribution in [3.05, 3.63) is 100 Å². The Kier molecular flexibility index (Phi) is 6.13. The summed E-state index contributed by atoms with van der Waals surface area (Å²) in [5.41, 5.74) is 3.52. The highest BCUT2D eigenvalue weighted by Crippen LogP contribution is 2.32. The van der Waals surface area contributed by atoms with Gasteiger partial charge >= 0.3 is 11.6 Å². The fourth-order valence-corrected chi connectivity index (χ4v) is 3.42. The van der Waals surface area contributed by atoms with Crippen LogP contribution in [0.4, 0.5) is 0 Å². The summed E-state index contributed by atoms with van der Waals surface area (Å²) in [6, 6.07) is 24.3. The van der Waals surface area contributed by atoms with Gasteiger partial charge in [-0.1, -0.05) is 67.6 Å². The standard InChI is InChI=1S/C26H22O5/c1-2-19-13-22-21(20-11-7-4-8-12-20)14-25(27)31-24(22)15-23(19)29-17-26(28)30-16-18-9-5-3-6-10-18/h3-15H,2,16-17H2,1H3. The lowest BCUT2D eigenvalue weighted by atomic mass is 9.99. The van der Waals surface area contributed by atoms with E-state index in [1.807, 2.05) is 73.7 Å². The molecule has 0 spiro atoms. The Hall–Kier alpha value is -3.86. The molecule has 0 radical (unpaired) electrons. The van der Waals surface area contributed by atoms with Gasteiger partial charge in [0.05, 0.1) is 0 Å². The lowest BCUT2D eigenvalue weighted by molar-refractivity contribution is -0.147. The number of hydrogen-bond acceptors (Lipinski definition) is 5. The number of esters is 1. The Morgan fingerprint density at radius 1 is 0.935 bits per heavy atom. The average Bonchev–Trinajstić information content (AvgIpc) is 2.81. The smallest absolute Gasteiger partial charge is 0.344 e. The highest BCUT2D eigenvalue weighted by molar-refractivity contribution is 5.94. The van der Waals surface area contributed by atoms with Crippen LogP contribution in [-0.2, 0) is 22.6 Å². The molecule has 5 heteroatoms. The third kappa shape index (κ3) is 4.83. The second kappa shape index (κ2) is 9.30. The van der Waals surface area contributed by atoms with Crippen LogP contribution in [0.1, 0.15) is 18.1 Å². The number of carbonyl (C=O) groups excluding carboxylic acids is 1. The van der Waals surface area contributed by atoms with Gasteiger partial charge in [-0.05, 0) is 34.7 Å². The molecule has 0 bridgehead atoms. The second-order valence-electron chi connectivity index (χ2n) is 7.09. The van der Waals surface area contributed by atoms with Crippen LogP contribution in [0.25, 0.3) is 22.1 Å². The van der Waals surface area contributed by atoms with E-state index in [0.717, 1.165) is 27.6 Å². The summed E-state index contributed by atoms with van der Waals surface area (Å²) in [6.07, 6.45) is 0.692. The van der Waals surface area contributed by atoms with Crippen LogP contribution in [0, 0.1) is 0 Å². The Labute approximate surface area is 179 Å². The Balaban J connectivity index is 1.57. The summed E-state index contributed by atoms with van der Waals surface area (Å²) in [7, 11) is 0. The SMILES string of the molecule is CCc1cc2c(-c3ccccc3)cc(=O)oc2cc1OCC(=O)OCc1ccccc1. The first-order valence-corrected chi connectivity index (χ1v) is 10.1. The second-order valence-corrected chi connectivity index (χ2v) is 7.09. The quantitative estimate of drug-likeness (QED) is 0.309. The lowest BCUT2D eigenvalue weighted by Crippen LogP contribution is -2.15. The largest absolute Gasteiger partial charge is 0.481 e. The number of ether oxygens (including phenoxy) is 2. The molecule has 0 N–H and O–H groups in total. The zero-order chi connectivity index (χ0) is 21.6. The molecule has 0 atom stereocenters. The number of hydrogen-bond donors (Lipinski definition) is 0. The van der Waals surface area contributed by atoms with Crippen molar-refractivity contribution >= 4 is 16.9 Å². The van der Waals surface area contributed by atoms with E-state index in [9.17, 15) is 9.59 Å². The van der Waals surface area contributed by atoms with Crippen LogP contribution in [0.15, 0.2) is 88.1 Å². The highest BCUT2D eigenvalue weighted by atomic mass is 16.6. The first-order valence-electron chi connectivity index (χ1n) is 10.1. The van der Waals surface area contributed by atoms with Gasteiger partial charge in [-0.2, -0.15) is 0 Å². The molecule has 0 aliphatic rings. The van der Waals surface area contributed by atoms with Gasteiger partial charge in [0.15, 0.2) is 6.61 Å². The molecule has 0 unspecified atom stereocenters. The van der Waals surface area contributed by atoms with Gasteiger partial charge in [0.2, 0.25) is 0 Å². The molecule has 0 aliphatic heterocycles. The number of benzene rings is 3. The minimum atomic E-state index is -0.467. The molecule has 4 aromatic rings. The third-order valence-electron chi connectivity index (χ3n) is 4.98. The molecule has 31 heavy (non-hydrogen) atoms. The molecule has 0 saturated carbocycles. The summed E-state index contributed by atoms with van der Waals surface area (Å²) >= 11 is 0. The molecule has 156 valence electrons. The predicted octanol–water partition coefficient (Wildman–Crippen LogP) is 5.14. The topological polar surface area (TPSA) is 65.7 Å². The normalized spacial score (nSPS) is 10.7. The Morgan fingerprint density at radius 3 is 2.35 bits per heavy atom. The molecule has 1 heterocycles. The van der Waals surface area contributed by atoms with E-state index in [2.05, 4.69) is 0 Å². The van der Waals surface area contributed by atoms with Gasteiger partial charge in [-0.3, -0.25) is 0 Å². The van der Waals surface area contributed by atoms with E-state index in [4.69, 9.17) is 13.9 Å². The first-order chi connectivity index (χ1) is 15.1. The van der Waals surface area contributed by atoms with Crippen molar-refractivity contribution in [1.82, 2.24) is 0 Å². The Bertz CT molecular complexity index is 1240. The van der Waals surface area contributed by atoms with Gasteiger partial charge in [0.1, 0.15) is 17.9 Å². The van der Waals surface area contributed by atoms with E-state index >= 15 is 0 Å². The number of carbonyl (C=O) groups is 1. The zero-order valence-electron chi connectivity index (χ0n) is 17.2. The van der Waals surface area contributed by atoms with Crippen LogP contribution in [0.3, 0.4) is 0 Å². The van der Waals surface area contributed by atoms with Crippen LogP contribution in [0.5, 0.6) is 5.75 Å². The predicted molar refractivity (Wildman–Crippen MR) is 119 cm³/mol. The minimum absolute atomic E-state index is 0.191. The maximum absolute atomic E-state index is 12.1. The number of fused-ring (bicyclic) bond motifs is 1. The van der Waals surface area contributed by atoms with Crippen LogP contribution >= 0.6 is 0 Å². The van der Waals surface area contributed by atoms with Crippen molar-refractivity contribution < 1.29 is 18.7 Å². The van der Waals surface area contributed by atoms with Crippen molar-refractivity contribution in [2.45, 2.75) is 20.0 Å². The molecule has 3 aromatic carbocycles. The van der Waals surface area contributed by atoms with Gasteiger partial charge in [0.25, 0.3) is 0 Å². The Morgan fingerprint density at radius 2 is 1.65 bits per heavy atom. The summed E-state index contributed by atoms with van der Waals surface area (Å²) in [4.78, 5) is 24.3. The molecule has 1 aromatic heterocycles. The fraction of sp³-hybridized carbons (Fsp3) is 0.154. The van der Waals surface area contributed by atoms with Crippen molar-refractivity contribution in [2.24, 2.45) is 0 Å². The number of rotatable bonds is 7. The van der Waals surface area contributed by atoms with Gasteiger partial charge in [-0.25, -0.2) is 9.59 Å². The summed E-state index contributed by atoms with van der Waals surface area (Å²) in [5.74, 6) is 0.0329. The summed E-state index contributed by atoms with van der Waals surface area (Å²) in [5, 5.41) is 0.821. The van der Waals surface area contributed by atoms with Crippen LogP contribution < -0.4 is 10.4 Å². The summed E-state index contributed by atoms with van der Waals surface area (Å²) in [6.45, 7) is 1.97. The van der Waals surface area contributed by atoms with E-state index in [-0.39, 0.29) is 13.2 Å². The third-order valence-corrected chi connectivity index (χ3v) is 4.98. The van der Waals surface area contributed by atoms with E-state index in [1.165, 1.54) is 6.07 Å². The molecule has 0 amide bonds. The van der Waals surface area contributed by atoms with Crippen molar-refractivity contribution in [3.63, 3.8) is 0 Å². The van der Waals surface area contributed by atoms with Crippen LogP contribution in [0.2, 0.25) is 0 Å². The van der Waals surface area contributed by atoms with Gasteiger partial charge in [-0.15, -0.1) is 0 Å². The molecular formula is C26H22O5. The van der Waals surface area contributed by atoms with Crippen molar-refractivity contribution in [1.29, 1.82) is 0 Å². The number of aryl methyl sites for hydroxylation is 1. The van der Waals surface area contributed by atoms with Crippen molar-refractivity contribution in [3.8, 4) is 16.9 Å². The average molecular weight is 414 g/mol. The van der Waals surface area contributed by atoms with Gasteiger partial charge < -0.3 is 13.9 Å². The maximum atomic E-state index is 12.1. The van der Waals surface area contributed by atoms with Gasteiger partial charge in [0, 0.05) is 17.5 Å². The lowest BCUT2D eigenvalue weighted by Gasteiger charge is -2.13. The maximum Gasteiger partial charge on any atom is 0.344 e. The molecule has 5 nitrogen and oxygen atoms in total. The highest BCUT2D eigenvalue weighted by Gasteiger charge is 2.14. The molecule has 0 aliphatic carbocycles. The zero-order valence-corrected chi connectivity index (χ0v) is 17.2. The molecule has 0 saturated heterocycles. The minimum Gasteiger partial charge on any atom is -0.481 e. The molecule has 0 fully saturated rings. The monoisotopic (exact) mass is 414 g/mol. The fourth-order valence-electron chi connectivity index (χ4n) is 3.42.